The molecule has 0 aliphatic heterocycles. The molecule has 1 aromatic rings. The number of nitrogens with zero attached hydrogens (tertiary/aromatic N) is 1. The van der Waals surface area contributed by atoms with Crippen LogP contribution in [0.2, 0.25) is 0 Å². The first-order chi connectivity index (χ1) is 7.20. The summed E-state index contributed by atoms with van der Waals surface area (Å²) < 4.78 is 36.8. The lowest BCUT2D eigenvalue weighted by molar-refractivity contribution is -0.128. The topological polar surface area (TPSA) is 45.8 Å². The number of hydrogen-bond acceptors (Lipinski definition) is 2. The lowest BCUT2D eigenvalue weighted by atomic mass is 10.1. The Morgan fingerprint density at radius 2 is 2.00 bits per heavy atom. The van der Waals surface area contributed by atoms with Crippen molar-refractivity contribution in [3.05, 3.63) is 25.4 Å². The third-order valence-electron chi connectivity index (χ3n) is 1.85. The minimum absolute atomic E-state index is 0.0822. The fraction of sp³-hybridized carbons (Fsp3) is 0.556. The molecular weight excluding hydrogens is 336 g/mol. The van der Waals surface area contributed by atoms with Crippen LogP contribution in [-0.4, -0.2) is 16.1 Å². The number of aromatic nitrogens is 2. The molecule has 0 amide bonds. The van der Waals surface area contributed by atoms with Crippen LogP contribution in [0.4, 0.5) is 13.2 Å². The van der Waals surface area contributed by atoms with Crippen LogP contribution in [0.5, 0.6) is 0 Å². The molecule has 0 saturated heterocycles. The van der Waals surface area contributed by atoms with Crippen LogP contribution < -0.4 is 5.56 Å². The number of rotatable bonds is 2. The molecule has 0 unspecified atom stereocenters. The molecule has 7 heteroatoms. The number of aromatic amines is 1. The summed E-state index contributed by atoms with van der Waals surface area (Å²) in [6.45, 7) is 3.56. The Labute approximate surface area is 104 Å². The van der Waals surface area contributed by atoms with E-state index in [0.717, 1.165) is 0 Å². The van der Waals surface area contributed by atoms with Crippen LogP contribution in [-0.2, 0) is 6.42 Å². The van der Waals surface area contributed by atoms with E-state index in [1.54, 1.807) is 36.4 Å². The Bertz CT molecular complexity index is 439. The molecule has 0 aromatic carbocycles. The van der Waals surface area contributed by atoms with Gasteiger partial charge in [0.25, 0.3) is 5.56 Å². The fourth-order valence-electron chi connectivity index (χ4n) is 1.18. The zero-order chi connectivity index (χ0) is 12.5. The van der Waals surface area contributed by atoms with Crippen molar-refractivity contribution in [2.75, 3.05) is 0 Å². The van der Waals surface area contributed by atoms with E-state index >= 15 is 0 Å². The van der Waals surface area contributed by atoms with Crippen LogP contribution in [0, 0.1) is 3.57 Å². The zero-order valence-electron chi connectivity index (χ0n) is 8.65. The van der Waals surface area contributed by atoms with E-state index in [4.69, 9.17) is 0 Å². The molecule has 1 aromatic heterocycles. The maximum Gasteiger partial charge on any atom is 0.396 e. The summed E-state index contributed by atoms with van der Waals surface area (Å²) >= 11 is 1.79. The highest BCUT2D eigenvalue weighted by molar-refractivity contribution is 14.1. The summed E-state index contributed by atoms with van der Waals surface area (Å²) in [6, 6.07) is 0. The number of nitrogens with one attached hydrogen (secondary N) is 1. The second-order valence-corrected chi connectivity index (χ2v) is 4.74. The van der Waals surface area contributed by atoms with Gasteiger partial charge >= 0.3 is 6.18 Å². The first-order valence-electron chi connectivity index (χ1n) is 4.56. The molecule has 1 rings (SSSR count). The van der Waals surface area contributed by atoms with Gasteiger partial charge in [-0.1, -0.05) is 13.8 Å². The van der Waals surface area contributed by atoms with Crippen molar-refractivity contribution in [1.82, 2.24) is 9.97 Å². The van der Waals surface area contributed by atoms with Gasteiger partial charge in [0.05, 0.1) is 9.26 Å². The standard InChI is InChI=1S/C9H10F3IN2O/c1-4(2)7-6(13)8(16)15-5(14-7)3-9(10,11)12/h4H,3H2,1-2H3,(H,14,15,16). The minimum Gasteiger partial charge on any atom is -0.309 e. The Balaban J connectivity index is 3.20. The number of alkyl halides is 3. The highest BCUT2D eigenvalue weighted by atomic mass is 127. The van der Waals surface area contributed by atoms with E-state index < -0.39 is 18.2 Å². The average molecular weight is 346 g/mol. The lowest BCUT2D eigenvalue weighted by Gasteiger charge is -2.10. The smallest absolute Gasteiger partial charge is 0.309 e. The highest BCUT2D eigenvalue weighted by Crippen LogP contribution is 2.21. The molecule has 0 aliphatic rings. The average Bonchev–Trinajstić information content (AvgIpc) is 2.07. The molecule has 0 spiro atoms. The molecule has 16 heavy (non-hydrogen) atoms. The van der Waals surface area contributed by atoms with Crippen molar-refractivity contribution < 1.29 is 13.2 Å². The van der Waals surface area contributed by atoms with E-state index in [0.29, 0.717) is 9.26 Å². The Hall–Kier alpha value is -0.600. The van der Waals surface area contributed by atoms with Crippen molar-refractivity contribution in [2.45, 2.75) is 32.4 Å². The van der Waals surface area contributed by atoms with Gasteiger partial charge < -0.3 is 4.98 Å². The van der Waals surface area contributed by atoms with Crippen LogP contribution in [0.1, 0.15) is 31.3 Å². The third-order valence-corrected chi connectivity index (χ3v) is 2.89. The monoisotopic (exact) mass is 346 g/mol. The second-order valence-electron chi connectivity index (χ2n) is 3.66. The molecular formula is C9H10F3IN2O. The van der Waals surface area contributed by atoms with Gasteiger partial charge in [-0.05, 0) is 28.5 Å². The predicted octanol–water partition coefficient (Wildman–Crippen LogP) is 2.60. The van der Waals surface area contributed by atoms with E-state index in [1.807, 2.05) is 0 Å². The molecule has 0 saturated carbocycles. The molecule has 90 valence electrons. The van der Waals surface area contributed by atoms with Crippen molar-refractivity contribution >= 4 is 22.6 Å². The first kappa shape index (κ1) is 13.5. The minimum atomic E-state index is -4.36. The van der Waals surface area contributed by atoms with Crippen LogP contribution in [0.25, 0.3) is 0 Å². The predicted molar refractivity (Wildman–Crippen MR) is 61.4 cm³/mol. The number of halogens is 4. The van der Waals surface area contributed by atoms with Crippen molar-refractivity contribution in [2.24, 2.45) is 0 Å². The van der Waals surface area contributed by atoms with Gasteiger partial charge in [0.1, 0.15) is 12.2 Å². The van der Waals surface area contributed by atoms with Gasteiger partial charge in [-0.25, -0.2) is 4.98 Å². The molecule has 3 nitrogen and oxygen atoms in total. The van der Waals surface area contributed by atoms with E-state index in [9.17, 15) is 18.0 Å². The summed E-state index contributed by atoms with van der Waals surface area (Å²) in [5.41, 5.74) is -0.109. The molecule has 0 bridgehead atoms. The third kappa shape index (κ3) is 3.46. The molecule has 1 heterocycles. The van der Waals surface area contributed by atoms with Gasteiger partial charge in [0.2, 0.25) is 0 Å². The van der Waals surface area contributed by atoms with E-state index in [1.165, 1.54) is 0 Å². The Morgan fingerprint density at radius 1 is 1.44 bits per heavy atom. The van der Waals surface area contributed by atoms with E-state index in [2.05, 4.69) is 9.97 Å². The largest absolute Gasteiger partial charge is 0.396 e. The molecule has 0 atom stereocenters. The SMILES string of the molecule is CC(C)c1nc(CC(F)(F)F)[nH]c(=O)c1I. The van der Waals surface area contributed by atoms with Gasteiger partial charge in [-0.3, -0.25) is 4.79 Å². The fourth-order valence-corrected chi connectivity index (χ4v) is 2.06. The van der Waals surface area contributed by atoms with Crippen molar-refractivity contribution in [3.63, 3.8) is 0 Å². The Kier molecular flexibility index (Phi) is 3.97. The van der Waals surface area contributed by atoms with Crippen LogP contribution in [0.15, 0.2) is 4.79 Å². The molecule has 0 aliphatic carbocycles. The summed E-state index contributed by atoms with van der Waals surface area (Å²) in [5.74, 6) is -0.414. The number of H-pyrrole nitrogens is 1. The molecule has 0 fully saturated rings. The summed E-state index contributed by atoms with van der Waals surface area (Å²) in [6.07, 6.45) is -5.57. The maximum absolute atomic E-state index is 12.1. The summed E-state index contributed by atoms with van der Waals surface area (Å²) in [4.78, 5) is 17.3. The molecule has 0 radical (unpaired) electrons. The van der Waals surface area contributed by atoms with Gasteiger partial charge in [-0.15, -0.1) is 0 Å². The van der Waals surface area contributed by atoms with Crippen LogP contribution in [0.3, 0.4) is 0 Å². The summed E-state index contributed by atoms with van der Waals surface area (Å²) in [7, 11) is 0. The summed E-state index contributed by atoms with van der Waals surface area (Å²) in [5, 5.41) is 0. The lowest BCUT2D eigenvalue weighted by Crippen LogP contribution is -2.23. The second kappa shape index (κ2) is 4.72. The van der Waals surface area contributed by atoms with Gasteiger partial charge in [0.15, 0.2) is 0 Å². The first-order valence-corrected chi connectivity index (χ1v) is 5.64. The highest BCUT2D eigenvalue weighted by Gasteiger charge is 2.29. The van der Waals surface area contributed by atoms with Gasteiger partial charge in [0, 0.05) is 0 Å². The Morgan fingerprint density at radius 3 is 2.44 bits per heavy atom. The van der Waals surface area contributed by atoms with E-state index in [-0.39, 0.29) is 11.7 Å². The quantitative estimate of drug-likeness (QED) is 0.837. The van der Waals surface area contributed by atoms with Crippen molar-refractivity contribution in [1.29, 1.82) is 0 Å². The molecule has 1 N–H and O–H groups in total. The van der Waals surface area contributed by atoms with Crippen molar-refractivity contribution in [3.8, 4) is 0 Å². The number of hydrogen-bond donors (Lipinski definition) is 1. The van der Waals surface area contributed by atoms with Crippen LogP contribution >= 0.6 is 22.6 Å². The normalized spacial score (nSPS) is 12.2. The maximum atomic E-state index is 12.1. The van der Waals surface area contributed by atoms with Gasteiger partial charge in [-0.2, -0.15) is 13.2 Å². The zero-order valence-corrected chi connectivity index (χ0v) is 10.8.